The summed E-state index contributed by atoms with van der Waals surface area (Å²) in [6, 6.07) is 0.750. The molecule has 1 amide bonds. The smallest absolute Gasteiger partial charge is 0.263 e. The van der Waals surface area contributed by atoms with E-state index in [1.54, 1.807) is 18.8 Å². The van der Waals surface area contributed by atoms with Crippen LogP contribution in [0.15, 0.2) is 4.90 Å². The molecule has 5 nitrogen and oxygen atoms in total. The van der Waals surface area contributed by atoms with Crippen molar-refractivity contribution in [2.45, 2.75) is 48.8 Å². The summed E-state index contributed by atoms with van der Waals surface area (Å²) in [6.45, 7) is 0. The number of carbonyl (C=O) groups excluding carboxylic acids is 1. The molecule has 2 bridgehead atoms. The van der Waals surface area contributed by atoms with Gasteiger partial charge < -0.3 is 21.1 Å². The molecule has 2 aliphatic rings. The predicted molar refractivity (Wildman–Crippen MR) is 88.4 cm³/mol. The largest absolute Gasteiger partial charge is 0.396 e. The van der Waals surface area contributed by atoms with Crippen LogP contribution >= 0.6 is 23.1 Å². The summed E-state index contributed by atoms with van der Waals surface area (Å²) in [5.74, 6) is -0.122. The molecule has 0 aliphatic carbocycles. The number of hydrogen-bond acceptors (Lipinski definition) is 6. The average molecular weight is 327 g/mol. The molecule has 1 aromatic rings. The first-order valence-corrected chi connectivity index (χ1v) is 9.25. The van der Waals surface area contributed by atoms with Crippen molar-refractivity contribution in [1.29, 1.82) is 0 Å². The molecule has 2 aliphatic heterocycles. The van der Waals surface area contributed by atoms with Crippen LogP contribution in [-0.2, 0) is 0 Å². The summed E-state index contributed by atoms with van der Waals surface area (Å²) in [5.41, 5.74) is 6.78. The van der Waals surface area contributed by atoms with Crippen molar-refractivity contribution in [2.75, 3.05) is 23.9 Å². The average Bonchev–Trinajstić information content (AvgIpc) is 2.92. The Morgan fingerprint density at radius 1 is 1.43 bits per heavy atom. The zero-order valence-corrected chi connectivity index (χ0v) is 13.9. The molecule has 7 heteroatoms. The Labute approximate surface area is 132 Å². The first kappa shape index (κ1) is 15.0. The molecule has 3 rings (SSSR count). The molecule has 2 fully saturated rings. The second-order valence-electron chi connectivity index (χ2n) is 5.68. The number of aliphatic hydroxyl groups excluding tert-OH is 1. The van der Waals surface area contributed by atoms with Crippen molar-refractivity contribution in [3.05, 3.63) is 4.88 Å². The van der Waals surface area contributed by atoms with E-state index < -0.39 is 0 Å². The summed E-state index contributed by atoms with van der Waals surface area (Å²) in [6.07, 6.45) is 5.67. The number of nitrogen functional groups attached to an aromatic ring is 1. The second-order valence-corrected chi connectivity index (χ2v) is 7.50. The van der Waals surface area contributed by atoms with Gasteiger partial charge >= 0.3 is 0 Å². The summed E-state index contributed by atoms with van der Waals surface area (Å²) in [4.78, 5) is 16.0. The number of nitrogens with one attached hydrogen (secondary N) is 1. The second kappa shape index (κ2) is 5.70. The molecule has 0 spiro atoms. The molecule has 116 valence electrons. The van der Waals surface area contributed by atoms with Crippen LogP contribution in [-0.4, -0.2) is 42.5 Å². The first-order valence-electron chi connectivity index (χ1n) is 7.21. The number of amides is 1. The Bertz CT molecular complexity index is 547. The number of fused-ring (bicyclic) bond motifs is 2. The number of nitrogens with two attached hydrogens (primary N) is 1. The zero-order chi connectivity index (χ0) is 15.1. The summed E-state index contributed by atoms with van der Waals surface area (Å²) in [5, 5.41) is 13.7. The lowest BCUT2D eigenvalue weighted by molar-refractivity contribution is 0.0967. The van der Waals surface area contributed by atoms with E-state index in [2.05, 4.69) is 10.2 Å². The highest BCUT2D eigenvalue weighted by Crippen LogP contribution is 2.49. The number of thioether (sulfide) groups is 1. The molecule has 21 heavy (non-hydrogen) atoms. The lowest BCUT2D eigenvalue weighted by Gasteiger charge is -2.38. The van der Waals surface area contributed by atoms with Crippen LogP contribution in [0.4, 0.5) is 10.7 Å². The number of thiophene rings is 1. The Morgan fingerprint density at radius 3 is 2.57 bits per heavy atom. The fourth-order valence-electron chi connectivity index (χ4n) is 3.55. The SMILES string of the molecule is CNC(=O)c1sc(N2C3CCC2CC(O)C3)c(SC)c1N. The molecule has 1 aromatic heterocycles. The van der Waals surface area contributed by atoms with E-state index in [-0.39, 0.29) is 12.0 Å². The molecule has 2 atom stereocenters. The summed E-state index contributed by atoms with van der Waals surface area (Å²) in [7, 11) is 1.63. The zero-order valence-electron chi connectivity index (χ0n) is 12.3. The van der Waals surface area contributed by atoms with Crippen molar-refractivity contribution in [1.82, 2.24) is 5.32 Å². The normalized spacial score (nSPS) is 28.0. The van der Waals surface area contributed by atoms with Gasteiger partial charge in [0.15, 0.2) is 0 Å². The fourth-order valence-corrected chi connectivity index (χ4v) is 5.79. The van der Waals surface area contributed by atoms with Crippen LogP contribution in [0, 0.1) is 0 Å². The van der Waals surface area contributed by atoms with E-state index in [1.165, 1.54) is 11.3 Å². The van der Waals surface area contributed by atoms with Gasteiger partial charge in [-0.2, -0.15) is 0 Å². The van der Waals surface area contributed by atoms with Gasteiger partial charge in [0.2, 0.25) is 0 Å². The van der Waals surface area contributed by atoms with Gasteiger partial charge in [0, 0.05) is 19.1 Å². The third kappa shape index (κ3) is 2.41. The molecule has 0 saturated carbocycles. The van der Waals surface area contributed by atoms with Gasteiger partial charge in [-0.25, -0.2) is 0 Å². The van der Waals surface area contributed by atoms with E-state index in [1.807, 2.05) is 6.26 Å². The summed E-state index contributed by atoms with van der Waals surface area (Å²) < 4.78 is 0. The highest BCUT2D eigenvalue weighted by atomic mass is 32.2. The number of hydrogen-bond donors (Lipinski definition) is 3. The molecular weight excluding hydrogens is 306 g/mol. The molecule has 0 aromatic carbocycles. The van der Waals surface area contributed by atoms with E-state index >= 15 is 0 Å². The van der Waals surface area contributed by atoms with Crippen LogP contribution in [0.2, 0.25) is 0 Å². The highest BCUT2D eigenvalue weighted by Gasteiger charge is 2.42. The fraction of sp³-hybridized carbons (Fsp3) is 0.643. The van der Waals surface area contributed by atoms with Crippen LogP contribution in [0.5, 0.6) is 0 Å². The van der Waals surface area contributed by atoms with Crippen LogP contribution in [0.3, 0.4) is 0 Å². The van der Waals surface area contributed by atoms with Crippen molar-refractivity contribution in [3.63, 3.8) is 0 Å². The van der Waals surface area contributed by atoms with Crippen molar-refractivity contribution in [2.24, 2.45) is 0 Å². The summed E-state index contributed by atoms with van der Waals surface area (Å²) >= 11 is 3.08. The van der Waals surface area contributed by atoms with Crippen molar-refractivity contribution < 1.29 is 9.90 Å². The first-order chi connectivity index (χ1) is 10.1. The van der Waals surface area contributed by atoms with Crippen LogP contribution in [0.25, 0.3) is 0 Å². The van der Waals surface area contributed by atoms with E-state index in [0.29, 0.717) is 22.6 Å². The van der Waals surface area contributed by atoms with Gasteiger partial charge in [-0.05, 0) is 31.9 Å². The van der Waals surface area contributed by atoms with Crippen LogP contribution in [0.1, 0.15) is 35.4 Å². The maximum atomic E-state index is 12.0. The maximum absolute atomic E-state index is 12.0. The lowest BCUT2D eigenvalue weighted by Crippen LogP contribution is -2.44. The molecule has 2 unspecified atom stereocenters. The molecular formula is C14H21N3O2S2. The maximum Gasteiger partial charge on any atom is 0.263 e. The Morgan fingerprint density at radius 2 is 2.05 bits per heavy atom. The van der Waals surface area contributed by atoms with Crippen molar-refractivity contribution in [3.8, 4) is 0 Å². The number of piperidine rings is 1. The van der Waals surface area contributed by atoms with Crippen LogP contribution < -0.4 is 16.0 Å². The minimum absolute atomic E-state index is 0.122. The third-order valence-corrected chi connectivity index (χ3v) is 6.63. The van der Waals surface area contributed by atoms with Gasteiger partial charge in [-0.1, -0.05) is 0 Å². The molecule has 0 radical (unpaired) electrons. The number of aliphatic hydroxyl groups is 1. The quantitative estimate of drug-likeness (QED) is 0.739. The van der Waals surface area contributed by atoms with Crippen molar-refractivity contribution >= 4 is 39.7 Å². The van der Waals surface area contributed by atoms with E-state index in [4.69, 9.17) is 5.73 Å². The minimum atomic E-state index is -0.188. The van der Waals surface area contributed by atoms with E-state index in [9.17, 15) is 9.90 Å². The van der Waals surface area contributed by atoms with Gasteiger partial charge in [0.1, 0.15) is 9.88 Å². The minimum Gasteiger partial charge on any atom is -0.396 e. The predicted octanol–water partition coefficient (Wildman–Crippen LogP) is 1.90. The van der Waals surface area contributed by atoms with E-state index in [0.717, 1.165) is 35.6 Å². The number of rotatable bonds is 3. The lowest BCUT2D eigenvalue weighted by atomic mass is 10.0. The molecule has 2 saturated heterocycles. The molecule has 4 N–H and O–H groups in total. The number of anilines is 2. The third-order valence-electron chi connectivity index (χ3n) is 4.46. The van der Waals surface area contributed by atoms with Gasteiger partial charge in [0.25, 0.3) is 5.91 Å². The standard InChI is InChI=1S/C14H21N3O2S2/c1-16-13(19)11-10(15)12(20-2)14(21-11)17-7-3-4-8(17)6-9(18)5-7/h7-9,18H,3-6,15H2,1-2H3,(H,16,19). The van der Waals surface area contributed by atoms with Gasteiger partial charge in [0.05, 0.1) is 16.7 Å². The molecule has 3 heterocycles. The Hall–Kier alpha value is -0.920. The monoisotopic (exact) mass is 327 g/mol. The topological polar surface area (TPSA) is 78.6 Å². The number of nitrogens with zero attached hydrogens (tertiary/aromatic N) is 1. The Kier molecular flexibility index (Phi) is 4.07. The van der Waals surface area contributed by atoms with Gasteiger partial charge in [-0.3, -0.25) is 4.79 Å². The highest BCUT2D eigenvalue weighted by molar-refractivity contribution is 7.99. The Balaban J connectivity index is 2.01. The number of carbonyl (C=O) groups is 1. The van der Waals surface area contributed by atoms with Gasteiger partial charge in [-0.15, -0.1) is 23.1 Å².